The zero-order valence-electron chi connectivity index (χ0n) is 12.4. The Hall–Kier alpha value is -0.770. The summed E-state index contributed by atoms with van der Waals surface area (Å²) in [4.78, 5) is 19.0. The fourth-order valence-corrected chi connectivity index (χ4v) is 2.73. The quantitative estimate of drug-likeness (QED) is 0.752. The minimum Gasteiger partial charge on any atom is -0.325 e. The van der Waals surface area contributed by atoms with Gasteiger partial charge in [0.15, 0.2) is 0 Å². The molecule has 1 aliphatic heterocycles. The van der Waals surface area contributed by atoms with Crippen molar-refractivity contribution in [1.29, 1.82) is 0 Å². The zero-order valence-corrected chi connectivity index (χ0v) is 12.4. The highest BCUT2D eigenvalue weighted by Crippen LogP contribution is 2.45. The molecule has 0 aromatic rings. The number of piperazine rings is 1. The van der Waals surface area contributed by atoms with Crippen LogP contribution in [-0.2, 0) is 0 Å². The monoisotopic (exact) mass is 253 g/mol. The van der Waals surface area contributed by atoms with E-state index in [-0.39, 0.29) is 17.6 Å². The van der Waals surface area contributed by atoms with E-state index in [9.17, 15) is 4.79 Å². The molecule has 1 saturated heterocycles. The van der Waals surface area contributed by atoms with Crippen LogP contribution in [0.1, 0.15) is 40.5 Å². The summed E-state index contributed by atoms with van der Waals surface area (Å²) in [5, 5.41) is 0. The Balaban J connectivity index is 2.05. The lowest BCUT2D eigenvalue weighted by Crippen LogP contribution is -2.61. The van der Waals surface area contributed by atoms with Gasteiger partial charge in [0.05, 0.1) is 5.54 Å². The van der Waals surface area contributed by atoms with Gasteiger partial charge in [-0.3, -0.25) is 4.90 Å². The van der Waals surface area contributed by atoms with Crippen LogP contribution in [0.4, 0.5) is 4.79 Å². The van der Waals surface area contributed by atoms with Crippen molar-refractivity contribution in [3.05, 3.63) is 0 Å². The lowest BCUT2D eigenvalue weighted by Gasteiger charge is -2.45. The van der Waals surface area contributed by atoms with Crippen molar-refractivity contribution in [1.82, 2.24) is 14.7 Å². The fraction of sp³-hybridized carbons (Fsp3) is 0.929. The van der Waals surface area contributed by atoms with Crippen molar-refractivity contribution in [2.24, 2.45) is 0 Å². The Morgan fingerprint density at radius 1 is 1.17 bits per heavy atom. The second-order valence-corrected chi connectivity index (χ2v) is 6.43. The summed E-state index contributed by atoms with van der Waals surface area (Å²) in [7, 11) is 1.91. The van der Waals surface area contributed by atoms with Gasteiger partial charge in [0.2, 0.25) is 0 Å². The number of amides is 2. The van der Waals surface area contributed by atoms with Crippen molar-refractivity contribution in [2.75, 3.05) is 26.7 Å². The Morgan fingerprint density at radius 2 is 1.78 bits per heavy atom. The Labute approximate surface area is 111 Å². The lowest BCUT2D eigenvalue weighted by molar-refractivity contribution is 0.0492. The summed E-state index contributed by atoms with van der Waals surface area (Å²) >= 11 is 0. The summed E-state index contributed by atoms with van der Waals surface area (Å²) in [5.41, 5.74) is 0.156. The molecule has 4 heteroatoms. The molecule has 104 valence electrons. The van der Waals surface area contributed by atoms with Crippen LogP contribution in [0.3, 0.4) is 0 Å². The van der Waals surface area contributed by atoms with Crippen molar-refractivity contribution in [3.8, 4) is 0 Å². The molecule has 4 nitrogen and oxygen atoms in total. The fourth-order valence-electron chi connectivity index (χ4n) is 2.73. The lowest BCUT2D eigenvalue weighted by atomic mass is 10.1. The second-order valence-electron chi connectivity index (χ2n) is 6.43. The first kappa shape index (κ1) is 13.7. The molecule has 1 aliphatic carbocycles. The Kier molecular flexibility index (Phi) is 3.58. The van der Waals surface area contributed by atoms with Crippen LogP contribution >= 0.6 is 0 Å². The molecule has 2 fully saturated rings. The molecule has 2 aliphatic rings. The standard InChI is InChI=1S/C14H27N3O/c1-11(2)15(5)13(18)17-9-8-16(12(3)4)10-14(17)6-7-14/h11-12H,6-10H2,1-5H3. The number of urea groups is 1. The van der Waals surface area contributed by atoms with E-state index in [0.717, 1.165) is 19.6 Å². The highest BCUT2D eigenvalue weighted by molar-refractivity contribution is 5.76. The summed E-state index contributed by atoms with van der Waals surface area (Å²) in [6, 6.07) is 1.07. The highest BCUT2D eigenvalue weighted by atomic mass is 16.2. The van der Waals surface area contributed by atoms with Crippen LogP contribution in [0, 0.1) is 0 Å². The van der Waals surface area contributed by atoms with Crippen molar-refractivity contribution in [2.45, 2.75) is 58.2 Å². The number of hydrogen-bond donors (Lipinski definition) is 0. The number of carbonyl (C=O) groups is 1. The predicted octanol–water partition coefficient (Wildman–Crippen LogP) is 2.01. The first-order valence-electron chi connectivity index (χ1n) is 7.16. The van der Waals surface area contributed by atoms with Gasteiger partial charge in [-0.1, -0.05) is 0 Å². The first-order valence-corrected chi connectivity index (χ1v) is 7.16. The molecule has 1 spiro atoms. The summed E-state index contributed by atoms with van der Waals surface area (Å²) in [6.45, 7) is 11.6. The van der Waals surface area contributed by atoms with E-state index < -0.39 is 0 Å². The van der Waals surface area contributed by atoms with Crippen LogP contribution < -0.4 is 0 Å². The third kappa shape index (κ3) is 2.35. The van der Waals surface area contributed by atoms with E-state index in [2.05, 4.69) is 37.5 Å². The maximum atomic E-state index is 12.5. The van der Waals surface area contributed by atoms with Crippen LogP contribution in [0.25, 0.3) is 0 Å². The van der Waals surface area contributed by atoms with E-state index >= 15 is 0 Å². The number of rotatable bonds is 2. The molecular weight excluding hydrogens is 226 g/mol. The van der Waals surface area contributed by atoms with Gasteiger partial charge >= 0.3 is 6.03 Å². The molecule has 0 aromatic carbocycles. The van der Waals surface area contributed by atoms with Crippen LogP contribution in [0.2, 0.25) is 0 Å². The normalized spacial score (nSPS) is 22.9. The minimum atomic E-state index is 0.156. The van der Waals surface area contributed by atoms with Gasteiger partial charge in [-0.15, -0.1) is 0 Å². The average Bonchev–Trinajstić information content (AvgIpc) is 3.07. The smallest absolute Gasteiger partial charge is 0.320 e. The topological polar surface area (TPSA) is 26.8 Å². The molecule has 2 rings (SSSR count). The number of hydrogen-bond acceptors (Lipinski definition) is 2. The highest BCUT2D eigenvalue weighted by Gasteiger charge is 2.53. The van der Waals surface area contributed by atoms with Gasteiger partial charge in [-0.25, -0.2) is 4.79 Å². The van der Waals surface area contributed by atoms with Gasteiger partial charge < -0.3 is 9.80 Å². The predicted molar refractivity (Wildman–Crippen MR) is 73.7 cm³/mol. The van der Waals surface area contributed by atoms with Gasteiger partial charge in [-0.2, -0.15) is 0 Å². The molecule has 18 heavy (non-hydrogen) atoms. The second kappa shape index (κ2) is 4.72. The van der Waals surface area contributed by atoms with E-state index in [1.807, 2.05) is 11.9 Å². The SMILES string of the molecule is CC(C)N1CCN(C(=O)N(C)C(C)C)C2(CC2)C1. The maximum absolute atomic E-state index is 12.5. The molecule has 0 unspecified atom stereocenters. The third-order valence-electron chi connectivity index (χ3n) is 4.55. The van der Waals surface area contributed by atoms with Gasteiger partial charge in [0, 0.05) is 38.8 Å². The number of carbonyl (C=O) groups excluding carboxylic acids is 1. The maximum Gasteiger partial charge on any atom is 0.320 e. The summed E-state index contributed by atoms with van der Waals surface area (Å²) in [6.07, 6.45) is 2.35. The van der Waals surface area contributed by atoms with Crippen molar-refractivity contribution >= 4 is 6.03 Å². The van der Waals surface area contributed by atoms with Gasteiger partial charge in [0.1, 0.15) is 0 Å². The molecule has 0 radical (unpaired) electrons. The van der Waals surface area contributed by atoms with Crippen molar-refractivity contribution < 1.29 is 4.79 Å². The van der Waals surface area contributed by atoms with E-state index in [1.54, 1.807) is 0 Å². The molecule has 1 saturated carbocycles. The molecule has 0 atom stereocenters. The summed E-state index contributed by atoms with van der Waals surface area (Å²) in [5.74, 6) is 0. The third-order valence-corrected chi connectivity index (χ3v) is 4.55. The first-order chi connectivity index (χ1) is 8.37. The van der Waals surface area contributed by atoms with E-state index in [1.165, 1.54) is 12.8 Å². The molecule has 2 amide bonds. The Morgan fingerprint density at radius 3 is 2.22 bits per heavy atom. The van der Waals surface area contributed by atoms with Crippen LogP contribution in [-0.4, -0.2) is 65.0 Å². The zero-order chi connectivity index (χ0) is 13.5. The molecule has 0 bridgehead atoms. The molecule has 0 aromatic heterocycles. The van der Waals surface area contributed by atoms with Crippen LogP contribution in [0.5, 0.6) is 0 Å². The largest absolute Gasteiger partial charge is 0.325 e. The molecule has 1 heterocycles. The number of nitrogens with zero attached hydrogens (tertiary/aromatic N) is 3. The Bertz CT molecular complexity index is 323. The van der Waals surface area contributed by atoms with Gasteiger partial charge in [0.25, 0.3) is 0 Å². The van der Waals surface area contributed by atoms with Crippen LogP contribution in [0.15, 0.2) is 0 Å². The summed E-state index contributed by atoms with van der Waals surface area (Å²) < 4.78 is 0. The minimum absolute atomic E-state index is 0.156. The average molecular weight is 253 g/mol. The van der Waals surface area contributed by atoms with E-state index in [0.29, 0.717) is 6.04 Å². The van der Waals surface area contributed by atoms with E-state index in [4.69, 9.17) is 0 Å². The van der Waals surface area contributed by atoms with Crippen molar-refractivity contribution in [3.63, 3.8) is 0 Å². The molecule has 0 N–H and O–H groups in total. The molecular formula is C14H27N3O. The van der Waals surface area contributed by atoms with Gasteiger partial charge in [-0.05, 0) is 40.5 Å².